The maximum atomic E-state index is 12.7. The molecule has 0 aliphatic rings. The van der Waals surface area contributed by atoms with Crippen LogP contribution in [0.5, 0.6) is 5.75 Å². The van der Waals surface area contributed by atoms with Crippen LogP contribution >= 0.6 is 11.6 Å². The number of rotatable bonds is 2. The highest BCUT2D eigenvalue weighted by molar-refractivity contribution is 6.61. The van der Waals surface area contributed by atoms with E-state index in [9.17, 15) is 18.0 Å². The van der Waals surface area contributed by atoms with Gasteiger partial charge in [0.05, 0.1) is 5.56 Å². The topological polar surface area (TPSA) is 26.3 Å². The second-order valence-corrected chi connectivity index (χ2v) is 4.22. The molecule has 0 saturated carbocycles. The van der Waals surface area contributed by atoms with Crippen molar-refractivity contribution in [3.05, 3.63) is 54.1 Å². The van der Waals surface area contributed by atoms with Gasteiger partial charge in [-0.15, -0.1) is 0 Å². The van der Waals surface area contributed by atoms with Gasteiger partial charge in [0.15, 0.2) is 0 Å². The number of hydrogen-bond donors (Lipinski definition) is 0. The van der Waals surface area contributed by atoms with E-state index in [0.717, 1.165) is 12.1 Å². The molecule has 0 aromatic heterocycles. The minimum atomic E-state index is -4.53. The molecule has 0 radical (unpaired) electrons. The van der Waals surface area contributed by atoms with E-state index < -0.39 is 17.2 Å². The van der Waals surface area contributed by atoms with Gasteiger partial charge in [-0.1, -0.05) is 36.4 Å². The first-order valence-electron chi connectivity index (χ1n) is 5.52. The van der Waals surface area contributed by atoms with Gasteiger partial charge in [-0.25, -0.2) is 4.79 Å². The molecule has 0 fully saturated rings. The molecule has 0 bridgehead atoms. The van der Waals surface area contributed by atoms with E-state index >= 15 is 0 Å². The van der Waals surface area contributed by atoms with Gasteiger partial charge in [-0.05, 0) is 17.7 Å². The van der Waals surface area contributed by atoms with Crippen LogP contribution in [0.1, 0.15) is 5.56 Å². The Labute approximate surface area is 117 Å². The van der Waals surface area contributed by atoms with Crippen LogP contribution in [0.15, 0.2) is 48.5 Å². The molecule has 0 saturated heterocycles. The molecule has 2 aromatic rings. The third-order valence-corrected chi connectivity index (χ3v) is 2.66. The molecule has 2 aromatic carbocycles. The number of carbonyl (C=O) groups is 1. The molecule has 0 spiro atoms. The van der Waals surface area contributed by atoms with Crippen LogP contribution in [-0.4, -0.2) is 5.43 Å². The van der Waals surface area contributed by atoms with Crippen LogP contribution in [0.3, 0.4) is 0 Å². The average Bonchev–Trinajstić information content (AvgIpc) is 2.38. The van der Waals surface area contributed by atoms with Gasteiger partial charge >= 0.3 is 11.6 Å². The first-order valence-corrected chi connectivity index (χ1v) is 5.89. The van der Waals surface area contributed by atoms with E-state index in [2.05, 4.69) is 4.74 Å². The fourth-order valence-electron chi connectivity index (χ4n) is 1.73. The molecule has 104 valence electrons. The number of carbonyl (C=O) groups excluding carboxylic acids is 1. The Morgan fingerprint density at radius 1 is 1.05 bits per heavy atom. The summed E-state index contributed by atoms with van der Waals surface area (Å²) in [5.74, 6) is -0.231. The molecule has 0 aliphatic heterocycles. The van der Waals surface area contributed by atoms with Crippen LogP contribution in [-0.2, 0) is 6.18 Å². The van der Waals surface area contributed by atoms with Gasteiger partial charge in [0.2, 0.25) is 0 Å². The minimum absolute atomic E-state index is 0.231. The predicted octanol–water partition coefficient (Wildman–Crippen LogP) is 5.11. The van der Waals surface area contributed by atoms with Crippen LogP contribution in [0.2, 0.25) is 0 Å². The van der Waals surface area contributed by atoms with Gasteiger partial charge in [0.1, 0.15) is 5.75 Å². The molecule has 6 heteroatoms. The highest BCUT2D eigenvalue weighted by Crippen LogP contribution is 2.37. The summed E-state index contributed by atoms with van der Waals surface area (Å²) in [6.07, 6.45) is -4.53. The zero-order valence-corrected chi connectivity index (χ0v) is 10.7. The number of alkyl halides is 3. The quantitative estimate of drug-likeness (QED) is 0.720. The Morgan fingerprint density at radius 2 is 1.70 bits per heavy atom. The van der Waals surface area contributed by atoms with Gasteiger partial charge in [0, 0.05) is 17.2 Å². The van der Waals surface area contributed by atoms with E-state index in [1.54, 1.807) is 30.3 Å². The van der Waals surface area contributed by atoms with E-state index in [0.29, 0.717) is 11.1 Å². The summed E-state index contributed by atoms with van der Waals surface area (Å²) < 4.78 is 42.7. The largest absolute Gasteiger partial charge is 0.416 e. The van der Waals surface area contributed by atoms with E-state index in [4.69, 9.17) is 11.6 Å². The van der Waals surface area contributed by atoms with Crippen LogP contribution in [0, 0.1) is 0 Å². The molecule has 0 N–H and O–H groups in total. The Bertz CT molecular complexity index is 624. The smallest absolute Gasteiger partial charge is 0.414 e. The molecule has 0 amide bonds. The molecular weight excluding hydrogens is 293 g/mol. The lowest BCUT2D eigenvalue weighted by molar-refractivity contribution is -0.137. The normalized spacial score (nSPS) is 11.2. The maximum Gasteiger partial charge on any atom is 0.416 e. The van der Waals surface area contributed by atoms with Gasteiger partial charge in [0.25, 0.3) is 0 Å². The van der Waals surface area contributed by atoms with Crippen LogP contribution in [0.4, 0.5) is 18.0 Å². The van der Waals surface area contributed by atoms with Crippen molar-refractivity contribution in [3.8, 4) is 16.9 Å². The van der Waals surface area contributed by atoms with Gasteiger partial charge in [-0.2, -0.15) is 13.2 Å². The van der Waals surface area contributed by atoms with Gasteiger partial charge < -0.3 is 4.74 Å². The molecule has 0 atom stereocenters. The fraction of sp³-hybridized carbons (Fsp3) is 0.0714. The lowest BCUT2D eigenvalue weighted by atomic mass is 10.0. The Hall–Kier alpha value is -2.01. The maximum absolute atomic E-state index is 12.7. The monoisotopic (exact) mass is 300 g/mol. The van der Waals surface area contributed by atoms with Crippen molar-refractivity contribution >= 4 is 17.0 Å². The zero-order valence-electron chi connectivity index (χ0n) is 9.95. The summed E-state index contributed by atoms with van der Waals surface area (Å²) in [4.78, 5) is 10.8. The second-order valence-electron chi connectivity index (χ2n) is 3.91. The molecule has 20 heavy (non-hydrogen) atoms. The minimum Gasteiger partial charge on any atom is -0.414 e. The number of ether oxygens (including phenoxy) is 1. The molecule has 2 rings (SSSR count). The lowest BCUT2D eigenvalue weighted by Gasteiger charge is -2.12. The van der Waals surface area contributed by atoms with E-state index in [1.165, 1.54) is 6.07 Å². The molecule has 0 unspecified atom stereocenters. The lowest BCUT2D eigenvalue weighted by Crippen LogP contribution is -2.06. The summed E-state index contributed by atoms with van der Waals surface area (Å²) in [6.45, 7) is 0. The Kier molecular flexibility index (Phi) is 3.99. The first-order chi connectivity index (χ1) is 9.38. The third-order valence-electron chi connectivity index (χ3n) is 2.58. The standard InChI is InChI=1S/C14H8ClF3O2/c15-13(19)20-12-8-10(14(16,17)18)6-7-11(12)9-4-2-1-3-5-9/h1-8H. The summed E-state index contributed by atoms with van der Waals surface area (Å²) >= 11 is 5.10. The van der Waals surface area contributed by atoms with Gasteiger partial charge in [-0.3, -0.25) is 0 Å². The van der Waals surface area contributed by atoms with Crippen molar-refractivity contribution in [2.75, 3.05) is 0 Å². The molecule has 0 heterocycles. The predicted molar refractivity (Wildman–Crippen MR) is 68.8 cm³/mol. The van der Waals surface area contributed by atoms with Crippen LogP contribution in [0.25, 0.3) is 11.1 Å². The van der Waals surface area contributed by atoms with Crippen molar-refractivity contribution in [3.63, 3.8) is 0 Å². The number of hydrogen-bond acceptors (Lipinski definition) is 2. The van der Waals surface area contributed by atoms with E-state index in [-0.39, 0.29) is 5.75 Å². The third kappa shape index (κ3) is 3.30. The molecular formula is C14H8ClF3O2. The number of halogens is 4. The number of benzene rings is 2. The van der Waals surface area contributed by atoms with E-state index in [1.807, 2.05) is 0 Å². The second kappa shape index (κ2) is 5.54. The Balaban J connectivity index is 2.54. The summed E-state index contributed by atoms with van der Waals surface area (Å²) in [6, 6.07) is 11.5. The Morgan fingerprint density at radius 3 is 2.25 bits per heavy atom. The van der Waals surface area contributed by atoms with Crippen molar-refractivity contribution in [1.29, 1.82) is 0 Å². The average molecular weight is 301 g/mol. The summed E-state index contributed by atoms with van der Waals surface area (Å²) in [5, 5.41) is 0. The SMILES string of the molecule is O=C(Cl)Oc1cc(C(F)(F)F)ccc1-c1ccccc1. The van der Waals surface area contributed by atoms with Crippen LogP contribution < -0.4 is 4.74 Å². The summed E-state index contributed by atoms with van der Waals surface area (Å²) in [5.41, 5.74) is -1.13. The van der Waals surface area contributed by atoms with Crippen molar-refractivity contribution in [2.24, 2.45) is 0 Å². The molecule has 0 aliphatic carbocycles. The van der Waals surface area contributed by atoms with Crippen molar-refractivity contribution in [1.82, 2.24) is 0 Å². The highest BCUT2D eigenvalue weighted by Gasteiger charge is 2.31. The summed E-state index contributed by atoms with van der Waals surface area (Å²) in [7, 11) is 0. The van der Waals surface area contributed by atoms with Crippen molar-refractivity contribution in [2.45, 2.75) is 6.18 Å². The highest BCUT2D eigenvalue weighted by atomic mass is 35.5. The van der Waals surface area contributed by atoms with Crippen molar-refractivity contribution < 1.29 is 22.7 Å². The fourth-order valence-corrected chi connectivity index (χ4v) is 1.81. The zero-order chi connectivity index (χ0) is 14.8. The molecule has 2 nitrogen and oxygen atoms in total. The first kappa shape index (κ1) is 14.4.